The fourth-order valence-corrected chi connectivity index (χ4v) is 13.8. The Kier molecular flexibility index (Phi) is 7.21. The van der Waals surface area contributed by atoms with Crippen molar-refractivity contribution >= 4 is 17.9 Å². The number of nitrogens with two attached hydrogens (primary N) is 1. The largest absolute Gasteiger partial charge is 0.481 e. The van der Waals surface area contributed by atoms with Crippen LogP contribution < -0.4 is 5.73 Å². The van der Waals surface area contributed by atoms with Crippen molar-refractivity contribution in [2.24, 2.45) is 73.7 Å². The number of carboxylic acids is 2. The van der Waals surface area contributed by atoms with Crippen molar-refractivity contribution < 1.29 is 29.3 Å². The molecule has 6 aliphatic carbocycles. The molecule has 0 spiro atoms. The molecule has 252 valence electrons. The van der Waals surface area contributed by atoms with Crippen LogP contribution in [0.25, 0.3) is 0 Å². The second-order valence-electron chi connectivity index (χ2n) is 18.7. The van der Waals surface area contributed by atoms with Crippen LogP contribution in [0.15, 0.2) is 12.2 Å². The molecule has 0 saturated heterocycles. The number of ether oxygens (including phenoxy) is 1. The molecule has 12 unspecified atom stereocenters. The number of carboxylic acid groups (broad SMARTS) is 2. The fraction of sp³-hybridized carbons (Fsp3) is 0.868. The highest BCUT2D eigenvalue weighted by atomic mass is 16.5. The first-order valence-electron chi connectivity index (χ1n) is 17.8. The SMILES string of the molecule is C=C(C)C1CCC2(C(=O)O)CCC3(C)C4(C)CCC5C(C)(C)C(OC(=O)C6CC(C(=O)O)C6(C)C)CCC5(C)C4CCC3(N)C12. The summed E-state index contributed by atoms with van der Waals surface area (Å²) in [7, 11) is 0. The number of hydrogen-bond acceptors (Lipinski definition) is 5. The molecule has 7 nitrogen and oxygen atoms in total. The average Bonchev–Trinajstić information content (AvgIpc) is 3.34. The summed E-state index contributed by atoms with van der Waals surface area (Å²) >= 11 is 0. The molecule has 0 radical (unpaired) electrons. The number of fused-ring (bicyclic) bond motifs is 7. The molecular weight excluding hydrogens is 566 g/mol. The zero-order valence-corrected chi connectivity index (χ0v) is 29.1. The molecule has 0 aromatic heterocycles. The molecule has 0 aromatic carbocycles. The number of aliphatic carboxylic acids is 2. The van der Waals surface area contributed by atoms with Crippen molar-refractivity contribution in [2.75, 3.05) is 0 Å². The first-order chi connectivity index (χ1) is 20.6. The van der Waals surface area contributed by atoms with E-state index in [0.29, 0.717) is 31.1 Å². The van der Waals surface area contributed by atoms with Crippen molar-refractivity contribution in [2.45, 2.75) is 138 Å². The summed E-state index contributed by atoms with van der Waals surface area (Å²) in [6, 6.07) is 0. The molecule has 7 heteroatoms. The van der Waals surface area contributed by atoms with E-state index in [1.807, 2.05) is 13.8 Å². The second-order valence-corrected chi connectivity index (χ2v) is 18.7. The topological polar surface area (TPSA) is 127 Å². The van der Waals surface area contributed by atoms with Gasteiger partial charge in [0.25, 0.3) is 0 Å². The summed E-state index contributed by atoms with van der Waals surface area (Å²) in [4.78, 5) is 38.2. The molecule has 4 N–H and O–H groups in total. The highest BCUT2D eigenvalue weighted by molar-refractivity contribution is 5.81. The monoisotopic (exact) mass is 625 g/mol. The quantitative estimate of drug-likeness (QED) is 0.214. The molecule has 6 rings (SSSR count). The van der Waals surface area contributed by atoms with Crippen LogP contribution in [0, 0.1) is 68.0 Å². The molecule has 0 heterocycles. The maximum atomic E-state index is 13.5. The molecule has 6 aliphatic rings. The number of rotatable bonds is 5. The van der Waals surface area contributed by atoms with E-state index in [1.54, 1.807) is 0 Å². The van der Waals surface area contributed by atoms with Gasteiger partial charge < -0.3 is 20.7 Å². The number of esters is 1. The summed E-state index contributed by atoms with van der Waals surface area (Å²) in [6.45, 7) is 22.2. The van der Waals surface area contributed by atoms with Gasteiger partial charge in [0.2, 0.25) is 0 Å². The van der Waals surface area contributed by atoms with Crippen LogP contribution in [0.2, 0.25) is 0 Å². The van der Waals surface area contributed by atoms with E-state index in [2.05, 4.69) is 48.1 Å². The van der Waals surface area contributed by atoms with E-state index in [-0.39, 0.29) is 51.5 Å². The summed E-state index contributed by atoms with van der Waals surface area (Å²) < 4.78 is 6.35. The number of carbonyl (C=O) groups excluding carboxylic acids is 1. The Morgan fingerprint density at radius 2 is 1.42 bits per heavy atom. The van der Waals surface area contributed by atoms with E-state index < -0.39 is 34.2 Å². The zero-order chi connectivity index (χ0) is 33.3. The van der Waals surface area contributed by atoms with Gasteiger partial charge in [0.05, 0.1) is 17.3 Å². The molecule has 0 aliphatic heterocycles. The molecular formula is C38H59NO6. The highest BCUT2D eigenvalue weighted by Gasteiger charge is 2.76. The van der Waals surface area contributed by atoms with E-state index in [4.69, 9.17) is 10.5 Å². The van der Waals surface area contributed by atoms with Gasteiger partial charge in [-0.25, -0.2) is 0 Å². The first-order valence-corrected chi connectivity index (χ1v) is 17.8. The highest BCUT2D eigenvalue weighted by Crippen LogP contribution is 2.78. The van der Waals surface area contributed by atoms with Gasteiger partial charge in [-0.15, -0.1) is 0 Å². The van der Waals surface area contributed by atoms with Crippen LogP contribution in [-0.2, 0) is 19.1 Å². The number of carbonyl (C=O) groups is 3. The van der Waals surface area contributed by atoms with E-state index in [0.717, 1.165) is 56.9 Å². The zero-order valence-electron chi connectivity index (χ0n) is 29.1. The van der Waals surface area contributed by atoms with Gasteiger partial charge in [0.1, 0.15) is 6.10 Å². The van der Waals surface area contributed by atoms with Gasteiger partial charge in [-0.3, -0.25) is 14.4 Å². The van der Waals surface area contributed by atoms with Crippen LogP contribution in [0.3, 0.4) is 0 Å². The minimum absolute atomic E-state index is 0.0283. The van der Waals surface area contributed by atoms with Crippen LogP contribution in [0.1, 0.15) is 126 Å². The summed E-state index contributed by atoms with van der Waals surface area (Å²) in [5.41, 5.74) is 6.54. The summed E-state index contributed by atoms with van der Waals surface area (Å²) in [5.74, 6) is -1.73. The lowest BCUT2D eigenvalue weighted by Gasteiger charge is -2.75. The summed E-state index contributed by atoms with van der Waals surface area (Å²) in [5, 5.41) is 20.3. The van der Waals surface area contributed by atoms with Gasteiger partial charge in [-0.2, -0.15) is 0 Å². The molecule has 12 atom stereocenters. The van der Waals surface area contributed by atoms with Crippen molar-refractivity contribution in [1.82, 2.24) is 0 Å². The molecule has 0 amide bonds. The third-order valence-corrected chi connectivity index (χ3v) is 16.8. The van der Waals surface area contributed by atoms with E-state index >= 15 is 0 Å². The van der Waals surface area contributed by atoms with Crippen molar-refractivity contribution in [1.29, 1.82) is 0 Å². The van der Waals surface area contributed by atoms with Crippen molar-refractivity contribution in [3.05, 3.63) is 12.2 Å². The normalized spacial score (nSPS) is 50.9. The first kappa shape index (κ1) is 33.0. The lowest BCUT2D eigenvalue weighted by atomic mass is 9.30. The Morgan fingerprint density at radius 3 is 2.00 bits per heavy atom. The smallest absolute Gasteiger partial charge is 0.310 e. The Morgan fingerprint density at radius 1 is 0.778 bits per heavy atom. The van der Waals surface area contributed by atoms with Gasteiger partial charge in [-0.05, 0) is 123 Å². The van der Waals surface area contributed by atoms with E-state index in [9.17, 15) is 24.6 Å². The average molecular weight is 626 g/mol. The predicted molar refractivity (Wildman–Crippen MR) is 173 cm³/mol. The third-order valence-electron chi connectivity index (χ3n) is 16.8. The van der Waals surface area contributed by atoms with Gasteiger partial charge in [0.15, 0.2) is 0 Å². The van der Waals surface area contributed by atoms with Crippen LogP contribution in [0.5, 0.6) is 0 Å². The lowest BCUT2D eigenvalue weighted by molar-refractivity contribution is -0.257. The van der Waals surface area contributed by atoms with Crippen molar-refractivity contribution in [3.63, 3.8) is 0 Å². The molecule has 45 heavy (non-hydrogen) atoms. The lowest BCUT2D eigenvalue weighted by Crippen LogP contribution is -2.77. The standard InChI is InChI=1S/C38H59NO6/c1-21(2)22-10-16-37(31(43)44)19-18-36(9)35(8)15-11-25-33(5,6)27(45-30(42)24-20-23(29(40)41)32(24,3)4)13-14-34(25,7)26(35)12-17-38(36,39)28(22)37/h22-28H,1,10-20,39H2,2-9H3,(H,40,41)(H,43,44). The Labute approximate surface area is 270 Å². The Bertz CT molecular complexity index is 1320. The van der Waals surface area contributed by atoms with Crippen molar-refractivity contribution in [3.8, 4) is 0 Å². The molecule has 6 saturated carbocycles. The summed E-state index contributed by atoms with van der Waals surface area (Å²) in [6.07, 6.45) is 8.96. The molecule has 6 fully saturated rings. The number of allylic oxidation sites excluding steroid dienone is 1. The van der Waals surface area contributed by atoms with Gasteiger partial charge in [-0.1, -0.05) is 60.6 Å². The maximum Gasteiger partial charge on any atom is 0.310 e. The Balaban J connectivity index is 1.28. The van der Waals surface area contributed by atoms with Gasteiger partial charge >= 0.3 is 17.9 Å². The fourth-order valence-electron chi connectivity index (χ4n) is 13.8. The van der Waals surface area contributed by atoms with Gasteiger partial charge in [0, 0.05) is 11.0 Å². The predicted octanol–water partition coefficient (Wildman–Crippen LogP) is 7.47. The third kappa shape index (κ3) is 3.94. The maximum absolute atomic E-state index is 13.5. The second kappa shape index (κ2) is 9.82. The minimum atomic E-state index is -0.833. The van der Waals surface area contributed by atoms with Crippen LogP contribution >= 0.6 is 0 Å². The number of hydrogen-bond donors (Lipinski definition) is 3. The molecule has 0 aromatic rings. The Hall–Kier alpha value is -1.89. The van der Waals surface area contributed by atoms with Crippen LogP contribution in [-0.4, -0.2) is 39.8 Å². The van der Waals surface area contributed by atoms with E-state index in [1.165, 1.54) is 0 Å². The minimum Gasteiger partial charge on any atom is -0.481 e. The molecule has 0 bridgehead atoms. The van der Waals surface area contributed by atoms with Crippen LogP contribution in [0.4, 0.5) is 0 Å².